The van der Waals surface area contributed by atoms with Crippen molar-refractivity contribution in [3.63, 3.8) is 0 Å². The first-order valence-electron chi connectivity index (χ1n) is 10.3. The number of pyridine rings is 1. The summed E-state index contributed by atoms with van der Waals surface area (Å²) >= 11 is 0. The number of rotatable bonds is 10. The van der Waals surface area contributed by atoms with Gasteiger partial charge in [-0.05, 0) is 62.1 Å². The van der Waals surface area contributed by atoms with Gasteiger partial charge in [0.25, 0.3) is 0 Å². The van der Waals surface area contributed by atoms with Crippen LogP contribution in [-0.2, 0) is 0 Å². The van der Waals surface area contributed by atoms with Crippen LogP contribution in [0.3, 0.4) is 0 Å². The van der Waals surface area contributed by atoms with Gasteiger partial charge in [-0.15, -0.1) is 0 Å². The molecule has 0 atom stereocenters. The van der Waals surface area contributed by atoms with E-state index in [1.165, 1.54) is 0 Å². The zero-order valence-corrected chi connectivity index (χ0v) is 19.6. The molecule has 3 rings (SSSR count). The minimum Gasteiger partial charge on any atom is -0.497 e. The van der Waals surface area contributed by atoms with Gasteiger partial charge < -0.3 is 29.2 Å². The van der Waals surface area contributed by atoms with Crippen LogP contribution in [-0.4, -0.2) is 65.5 Å². The van der Waals surface area contributed by atoms with Gasteiger partial charge in [0.2, 0.25) is 5.75 Å². The second-order valence-corrected chi connectivity index (χ2v) is 7.50. The molecular formula is C25H31N3O4. The van der Waals surface area contributed by atoms with Crippen molar-refractivity contribution in [3.8, 4) is 23.0 Å². The van der Waals surface area contributed by atoms with Crippen LogP contribution in [0, 0.1) is 0 Å². The second kappa shape index (κ2) is 10.7. The van der Waals surface area contributed by atoms with E-state index in [0.29, 0.717) is 17.2 Å². The SMILES string of the molecule is COc1ccc2nc(/C=C/c3cc(OC)c(OC)c(OC)c3)cc(NCCN(C)C)c2c1. The van der Waals surface area contributed by atoms with E-state index >= 15 is 0 Å². The number of anilines is 1. The van der Waals surface area contributed by atoms with Crippen LogP contribution >= 0.6 is 0 Å². The number of nitrogens with one attached hydrogen (secondary N) is 1. The van der Waals surface area contributed by atoms with E-state index in [1.54, 1.807) is 28.4 Å². The van der Waals surface area contributed by atoms with E-state index in [1.807, 2.05) is 48.6 Å². The molecule has 3 aromatic rings. The molecule has 170 valence electrons. The Morgan fingerprint density at radius 3 is 2.19 bits per heavy atom. The van der Waals surface area contributed by atoms with Crippen LogP contribution < -0.4 is 24.3 Å². The Balaban J connectivity index is 1.98. The van der Waals surface area contributed by atoms with Gasteiger partial charge in [0.1, 0.15) is 5.75 Å². The first kappa shape index (κ1) is 23.2. The van der Waals surface area contributed by atoms with E-state index < -0.39 is 0 Å². The fourth-order valence-electron chi connectivity index (χ4n) is 3.38. The lowest BCUT2D eigenvalue weighted by Crippen LogP contribution is -2.20. The largest absolute Gasteiger partial charge is 0.497 e. The average molecular weight is 438 g/mol. The highest BCUT2D eigenvalue weighted by atomic mass is 16.5. The maximum absolute atomic E-state index is 5.45. The molecular weight excluding hydrogens is 406 g/mol. The number of hydrogen-bond acceptors (Lipinski definition) is 7. The lowest BCUT2D eigenvalue weighted by atomic mass is 10.1. The highest BCUT2D eigenvalue weighted by Gasteiger charge is 2.12. The molecule has 0 radical (unpaired) electrons. The molecule has 0 saturated heterocycles. The lowest BCUT2D eigenvalue weighted by molar-refractivity contribution is 0.324. The average Bonchev–Trinajstić information content (AvgIpc) is 2.81. The molecule has 0 aliphatic carbocycles. The predicted molar refractivity (Wildman–Crippen MR) is 130 cm³/mol. The molecule has 0 bridgehead atoms. The maximum atomic E-state index is 5.45. The Bertz CT molecular complexity index is 1070. The van der Waals surface area contributed by atoms with Gasteiger partial charge in [-0.25, -0.2) is 4.98 Å². The van der Waals surface area contributed by atoms with Crippen molar-refractivity contribution in [2.24, 2.45) is 0 Å². The highest BCUT2D eigenvalue weighted by Crippen LogP contribution is 2.38. The standard InChI is InChI=1S/C25H31N3O4/c1-28(2)12-11-26-22-15-18(27-21-10-9-19(29-3)16-20(21)22)8-7-17-13-23(30-4)25(32-6)24(14-17)31-5/h7-10,13-16H,11-12H2,1-6H3,(H,26,27)/b8-7+. The number of hydrogen-bond donors (Lipinski definition) is 1. The minimum atomic E-state index is 0.567. The van der Waals surface area contributed by atoms with Gasteiger partial charge in [-0.1, -0.05) is 6.08 Å². The predicted octanol–water partition coefficient (Wildman–Crippen LogP) is 4.41. The van der Waals surface area contributed by atoms with Crippen molar-refractivity contribution >= 4 is 28.7 Å². The van der Waals surface area contributed by atoms with Gasteiger partial charge in [-0.3, -0.25) is 0 Å². The van der Waals surface area contributed by atoms with Crippen LogP contribution in [0.2, 0.25) is 0 Å². The Hall–Kier alpha value is -3.45. The van der Waals surface area contributed by atoms with Gasteiger partial charge in [0.15, 0.2) is 11.5 Å². The van der Waals surface area contributed by atoms with Crippen LogP contribution in [0.25, 0.3) is 23.1 Å². The number of methoxy groups -OCH3 is 4. The zero-order valence-electron chi connectivity index (χ0n) is 19.6. The van der Waals surface area contributed by atoms with Crippen molar-refractivity contribution in [1.82, 2.24) is 9.88 Å². The first-order chi connectivity index (χ1) is 15.5. The molecule has 1 heterocycles. The van der Waals surface area contributed by atoms with Crippen molar-refractivity contribution < 1.29 is 18.9 Å². The third kappa shape index (κ3) is 5.42. The normalized spacial score (nSPS) is 11.2. The fourth-order valence-corrected chi connectivity index (χ4v) is 3.38. The summed E-state index contributed by atoms with van der Waals surface area (Å²) < 4.78 is 21.7. The molecule has 32 heavy (non-hydrogen) atoms. The molecule has 0 unspecified atom stereocenters. The minimum absolute atomic E-state index is 0.567. The molecule has 2 aromatic carbocycles. The molecule has 0 aliphatic heterocycles. The van der Waals surface area contributed by atoms with E-state index in [2.05, 4.69) is 24.3 Å². The Kier molecular flexibility index (Phi) is 7.78. The Labute approximate surface area is 189 Å². The number of fused-ring (bicyclic) bond motifs is 1. The monoisotopic (exact) mass is 437 g/mol. The van der Waals surface area contributed by atoms with E-state index in [4.69, 9.17) is 23.9 Å². The molecule has 0 aliphatic rings. The van der Waals surface area contributed by atoms with Crippen molar-refractivity contribution in [3.05, 3.63) is 47.7 Å². The van der Waals surface area contributed by atoms with Crippen LogP contribution in [0.1, 0.15) is 11.3 Å². The van der Waals surface area contributed by atoms with Crippen LogP contribution in [0.4, 0.5) is 5.69 Å². The first-order valence-corrected chi connectivity index (χ1v) is 10.3. The summed E-state index contributed by atoms with van der Waals surface area (Å²) in [5.41, 5.74) is 3.66. The highest BCUT2D eigenvalue weighted by molar-refractivity contribution is 5.94. The molecule has 0 saturated carbocycles. The van der Waals surface area contributed by atoms with Gasteiger partial charge >= 0.3 is 0 Å². The molecule has 7 heteroatoms. The number of nitrogens with zero attached hydrogens (tertiary/aromatic N) is 2. The molecule has 1 N–H and O–H groups in total. The molecule has 0 spiro atoms. The van der Waals surface area contributed by atoms with Gasteiger partial charge in [0.05, 0.1) is 39.6 Å². The smallest absolute Gasteiger partial charge is 0.203 e. The summed E-state index contributed by atoms with van der Waals surface area (Å²) in [5, 5.41) is 4.55. The maximum Gasteiger partial charge on any atom is 0.203 e. The summed E-state index contributed by atoms with van der Waals surface area (Å²) in [5.74, 6) is 2.58. The summed E-state index contributed by atoms with van der Waals surface area (Å²) in [7, 11) is 10.6. The number of aromatic nitrogens is 1. The van der Waals surface area contributed by atoms with Crippen molar-refractivity contribution in [2.75, 3.05) is 60.9 Å². The van der Waals surface area contributed by atoms with E-state index in [0.717, 1.165) is 46.7 Å². The second-order valence-electron chi connectivity index (χ2n) is 7.50. The third-order valence-corrected chi connectivity index (χ3v) is 5.04. The van der Waals surface area contributed by atoms with Crippen LogP contribution in [0.15, 0.2) is 36.4 Å². The number of benzene rings is 2. The molecule has 0 amide bonds. The van der Waals surface area contributed by atoms with E-state index in [9.17, 15) is 0 Å². The topological polar surface area (TPSA) is 65.1 Å². The lowest BCUT2D eigenvalue weighted by Gasteiger charge is -2.14. The fraction of sp³-hybridized carbons (Fsp3) is 0.320. The Morgan fingerprint density at radius 2 is 1.59 bits per heavy atom. The van der Waals surface area contributed by atoms with Crippen molar-refractivity contribution in [1.29, 1.82) is 0 Å². The quantitative estimate of drug-likeness (QED) is 0.504. The summed E-state index contributed by atoms with van der Waals surface area (Å²) in [6.45, 7) is 1.74. The number of likely N-dealkylation sites (N-methyl/N-ethyl adjacent to an activating group) is 1. The summed E-state index contributed by atoms with van der Waals surface area (Å²) in [4.78, 5) is 6.95. The summed E-state index contributed by atoms with van der Waals surface area (Å²) in [6.07, 6.45) is 3.95. The molecule has 1 aromatic heterocycles. The van der Waals surface area contributed by atoms with Crippen LogP contribution in [0.5, 0.6) is 23.0 Å². The zero-order chi connectivity index (χ0) is 23.1. The number of ether oxygens (including phenoxy) is 4. The third-order valence-electron chi connectivity index (χ3n) is 5.04. The molecule has 0 fully saturated rings. The van der Waals surface area contributed by atoms with E-state index in [-0.39, 0.29) is 0 Å². The Morgan fingerprint density at radius 1 is 0.875 bits per heavy atom. The molecule has 7 nitrogen and oxygen atoms in total. The van der Waals surface area contributed by atoms with Gasteiger partial charge in [-0.2, -0.15) is 0 Å². The van der Waals surface area contributed by atoms with Gasteiger partial charge in [0, 0.05) is 24.2 Å². The van der Waals surface area contributed by atoms with Crippen molar-refractivity contribution in [2.45, 2.75) is 0 Å². The summed E-state index contributed by atoms with van der Waals surface area (Å²) in [6, 6.07) is 11.8.